The van der Waals surface area contributed by atoms with Crippen LogP contribution in [0, 0.1) is 0 Å². The fraction of sp³-hybridized carbons (Fsp3) is 0.526. The topological polar surface area (TPSA) is 92.8 Å². The number of esters is 1. The molecule has 0 saturated carbocycles. The quantitative estimate of drug-likeness (QED) is 0.739. The highest BCUT2D eigenvalue weighted by atomic mass is 32.2. The van der Waals surface area contributed by atoms with Gasteiger partial charge in [0.05, 0.1) is 0 Å². The van der Waals surface area contributed by atoms with Gasteiger partial charge in [0.1, 0.15) is 12.1 Å². The molecule has 2 amide bonds. The van der Waals surface area contributed by atoms with Crippen molar-refractivity contribution in [1.82, 2.24) is 5.32 Å². The summed E-state index contributed by atoms with van der Waals surface area (Å²) in [6.45, 7) is 5.59. The number of amides is 2. The molecule has 0 aromatic heterocycles. The maximum absolute atomic E-state index is 12.5. The van der Waals surface area contributed by atoms with E-state index >= 15 is 0 Å². The van der Waals surface area contributed by atoms with Crippen LogP contribution in [0.5, 0.6) is 0 Å². The number of carbonyl (C=O) groups excluding carboxylic acids is 3. The lowest BCUT2D eigenvalue weighted by Crippen LogP contribution is -2.35. The van der Waals surface area contributed by atoms with Gasteiger partial charge in [-0.2, -0.15) is 0 Å². The van der Waals surface area contributed by atoms with Crippen molar-refractivity contribution in [3.63, 3.8) is 0 Å². The molecule has 1 heterocycles. The van der Waals surface area contributed by atoms with E-state index in [0.29, 0.717) is 13.0 Å². The van der Waals surface area contributed by atoms with Gasteiger partial charge in [0.2, 0.25) is 11.8 Å². The molecule has 1 unspecified atom stereocenters. The lowest BCUT2D eigenvalue weighted by atomic mass is 10.2. The number of fused-ring (bicyclic) bond motifs is 1. The smallest absolute Gasteiger partial charge is 0.325 e. The number of hydrogen-bond acceptors (Lipinski definition) is 5. The van der Waals surface area contributed by atoms with Gasteiger partial charge >= 0.3 is 5.97 Å². The van der Waals surface area contributed by atoms with E-state index in [1.54, 1.807) is 44.1 Å². The van der Waals surface area contributed by atoms with Gasteiger partial charge in [0.15, 0.2) is 0 Å². The number of rotatable bonds is 6. The Morgan fingerprint density at radius 3 is 2.56 bits per heavy atom. The molecule has 1 N–H and O–H groups in total. The summed E-state index contributed by atoms with van der Waals surface area (Å²) in [6.07, 6.45) is 2.39. The fourth-order valence-corrected chi connectivity index (χ4v) is 3.38. The Bertz CT molecular complexity index is 770. The Morgan fingerprint density at radius 1 is 1.22 bits per heavy atom. The van der Waals surface area contributed by atoms with Crippen molar-refractivity contribution in [1.29, 1.82) is 0 Å². The van der Waals surface area contributed by atoms with E-state index in [1.807, 2.05) is 6.07 Å². The zero-order valence-electron chi connectivity index (χ0n) is 16.2. The maximum atomic E-state index is 12.5. The zero-order valence-corrected chi connectivity index (χ0v) is 17.0. The zero-order chi connectivity index (χ0) is 20.2. The van der Waals surface area contributed by atoms with Crippen LogP contribution in [0.3, 0.4) is 0 Å². The summed E-state index contributed by atoms with van der Waals surface area (Å²) in [5.74, 6) is -1.03. The average Bonchev–Trinajstić information content (AvgIpc) is 2.99. The normalized spacial score (nSPS) is 14.4. The molecule has 8 heteroatoms. The van der Waals surface area contributed by atoms with Crippen LogP contribution in [0.1, 0.15) is 39.2 Å². The third-order valence-electron chi connectivity index (χ3n) is 4.00. The van der Waals surface area contributed by atoms with Gasteiger partial charge in [-0.1, -0.05) is 0 Å². The molecule has 27 heavy (non-hydrogen) atoms. The van der Waals surface area contributed by atoms with Crippen LogP contribution < -0.4 is 10.2 Å². The van der Waals surface area contributed by atoms with Crippen molar-refractivity contribution < 1.29 is 23.3 Å². The minimum Gasteiger partial charge on any atom is -0.459 e. The molecule has 1 aliphatic rings. The molecule has 1 atom stereocenters. The maximum Gasteiger partial charge on any atom is 0.325 e. The molecule has 0 bridgehead atoms. The number of nitrogens with one attached hydrogen (secondary N) is 1. The highest BCUT2D eigenvalue weighted by molar-refractivity contribution is 7.84. The molecule has 0 aliphatic carbocycles. The summed E-state index contributed by atoms with van der Waals surface area (Å²) in [5, 5.41) is 2.47. The van der Waals surface area contributed by atoms with Crippen molar-refractivity contribution in [2.45, 2.75) is 50.5 Å². The molecule has 7 nitrogen and oxygen atoms in total. The molecular weight excluding hydrogens is 368 g/mol. The van der Waals surface area contributed by atoms with E-state index in [1.165, 1.54) is 0 Å². The fourth-order valence-electron chi connectivity index (χ4n) is 2.81. The predicted molar refractivity (Wildman–Crippen MR) is 103 cm³/mol. The van der Waals surface area contributed by atoms with Crippen LogP contribution in [0.25, 0.3) is 0 Å². The number of ether oxygens (including phenoxy) is 1. The van der Waals surface area contributed by atoms with Crippen LogP contribution >= 0.6 is 0 Å². The van der Waals surface area contributed by atoms with Crippen LogP contribution in [0.2, 0.25) is 0 Å². The van der Waals surface area contributed by atoms with Gasteiger partial charge in [-0.15, -0.1) is 0 Å². The van der Waals surface area contributed by atoms with Crippen molar-refractivity contribution in [3.8, 4) is 0 Å². The minimum atomic E-state index is -1.06. The molecule has 0 spiro atoms. The largest absolute Gasteiger partial charge is 0.459 e. The van der Waals surface area contributed by atoms with Crippen LogP contribution in [-0.2, 0) is 36.3 Å². The molecule has 1 aliphatic heterocycles. The highest BCUT2D eigenvalue weighted by Crippen LogP contribution is 2.30. The van der Waals surface area contributed by atoms with Gasteiger partial charge in [0.25, 0.3) is 0 Å². The molecule has 148 valence electrons. The lowest BCUT2D eigenvalue weighted by Gasteiger charge is -2.19. The van der Waals surface area contributed by atoms with E-state index in [9.17, 15) is 18.6 Å². The van der Waals surface area contributed by atoms with Crippen LogP contribution in [0.15, 0.2) is 23.1 Å². The van der Waals surface area contributed by atoms with Gasteiger partial charge in [0, 0.05) is 47.0 Å². The number of hydrogen-bond donors (Lipinski definition) is 1. The third kappa shape index (κ3) is 6.16. The highest BCUT2D eigenvalue weighted by Gasteiger charge is 2.25. The van der Waals surface area contributed by atoms with Gasteiger partial charge in [-0.3, -0.25) is 18.6 Å². The summed E-state index contributed by atoms with van der Waals surface area (Å²) in [5.41, 5.74) is 1.19. The van der Waals surface area contributed by atoms with Crippen molar-refractivity contribution in [3.05, 3.63) is 23.8 Å². The van der Waals surface area contributed by atoms with E-state index in [-0.39, 0.29) is 31.2 Å². The Labute approximate surface area is 161 Å². The monoisotopic (exact) mass is 394 g/mol. The molecule has 2 rings (SSSR count). The van der Waals surface area contributed by atoms with Crippen molar-refractivity contribution >= 4 is 34.3 Å². The van der Waals surface area contributed by atoms with E-state index < -0.39 is 22.4 Å². The second-order valence-corrected chi connectivity index (χ2v) is 8.78. The molecule has 0 saturated heterocycles. The Hall–Kier alpha value is -2.22. The Morgan fingerprint density at radius 2 is 1.93 bits per heavy atom. The molecule has 0 fully saturated rings. The van der Waals surface area contributed by atoms with Crippen molar-refractivity contribution in [2.24, 2.45) is 0 Å². The summed E-state index contributed by atoms with van der Waals surface area (Å²) in [4.78, 5) is 38.3. The van der Waals surface area contributed by atoms with Crippen molar-refractivity contribution in [2.75, 3.05) is 24.2 Å². The minimum absolute atomic E-state index is 0.00449. The third-order valence-corrected chi connectivity index (χ3v) is 4.91. The SMILES string of the molecule is CS(=O)c1ccc2c(c1)CCN2C(=O)CCC(=O)NCC(=O)OC(C)(C)C. The number of nitrogens with zero attached hydrogens (tertiary/aromatic N) is 1. The Kier molecular flexibility index (Phi) is 6.75. The summed E-state index contributed by atoms with van der Waals surface area (Å²) >= 11 is 0. The van der Waals surface area contributed by atoms with E-state index in [0.717, 1.165) is 16.1 Å². The van der Waals surface area contributed by atoms with Gasteiger partial charge in [-0.25, -0.2) is 0 Å². The van der Waals surface area contributed by atoms with Crippen LogP contribution in [-0.4, -0.2) is 46.9 Å². The molecule has 1 aromatic rings. The number of anilines is 1. The first kappa shape index (κ1) is 21.1. The lowest BCUT2D eigenvalue weighted by molar-refractivity contribution is -0.154. The van der Waals surface area contributed by atoms with E-state index in [4.69, 9.17) is 4.74 Å². The van der Waals surface area contributed by atoms with E-state index in [2.05, 4.69) is 5.32 Å². The van der Waals surface area contributed by atoms with Gasteiger partial charge in [-0.05, 0) is 51.0 Å². The first-order chi connectivity index (χ1) is 12.6. The summed E-state index contributed by atoms with van der Waals surface area (Å²) in [6, 6.07) is 5.43. The molecule has 0 radical (unpaired) electrons. The molecule has 1 aromatic carbocycles. The number of carbonyl (C=O) groups is 3. The van der Waals surface area contributed by atoms with Gasteiger partial charge < -0.3 is 15.0 Å². The van der Waals surface area contributed by atoms with Crippen LogP contribution in [0.4, 0.5) is 5.69 Å². The standard InChI is InChI=1S/C19H26N2O5S/c1-19(2,3)26-18(24)12-20-16(22)7-8-17(23)21-10-9-13-11-14(27(4)25)5-6-15(13)21/h5-6,11H,7-10,12H2,1-4H3,(H,20,22). The average molecular weight is 394 g/mol. The Balaban J connectivity index is 1.83. The first-order valence-corrected chi connectivity index (χ1v) is 10.4. The predicted octanol–water partition coefficient (Wildman–Crippen LogP) is 1.55. The summed E-state index contributed by atoms with van der Waals surface area (Å²) < 4.78 is 16.7. The summed E-state index contributed by atoms with van der Waals surface area (Å²) in [7, 11) is -1.06. The number of benzene rings is 1. The first-order valence-electron chi connectivity index (χ1n) is 8.82. The second-order valence-electron chi connectivity index (χ2n) is 7.40. The molecular formula is C19H26N2O5S. The second kappa shape index (κ2) is 8.65.